The van der Waals surface area contributed by atoms with Crippen molar-refractivity contribution in [3.05, 3.63) is 88.1 Å². The highest BCUT2D eigenvalue weighted by molar-refractivity contribution is 6.38. The van der Waals surface area contributed by atoms with Crippen molar-refractivity contribution in [3.8, 4) is 11.5 Å². The molecule has 10 heteroatoms. The lowest BCUT2D eigenvalue weighted by Gasteiger charge is -2.21. The minimum absolute atomic E-state index is 0.0275. The van der Waals surface area contributed by atoms with Crippen molar-refractivity contribution in [3.63, 3.8) is 0 Å². The van der Waals surface area contributed by atoms with E-state index < -0.39 is 29.1 Å². The Morgan fingerprint density at radius 2 is 1.59 bits per heavy atom. The molecule has 0 spiro atoms. The second-order valence-electron chi connectivity index (χ2n) is 6.50. The fourth-order valence-electron chi connectivity index (χ4n) is 3.10. The molecule has 3 aromatic carbocycles. The predicted octanol–water partition coefficient (Wildman–Crippen LogP) is 6.54. The van der Waals surface area contributed by atoms with Gasteiger partial charge in [-0.3, -0.25) is 4.79 Å². The van der Waals surface area contributed by atoms with E-state index in [2.05, 4.69) is 0 Å². The first-order valence-corrected chi connectivity index (χ1v) is 9.74. The van der Waals surface area contributed by atoms with E-state index in [1.54, 1.807) is 24.3 Å². The number of imide groups is 1. The molecule has 32 heavy (non-hydrogen) atoms. The standard InChI is InChI=1S/C22H12Cl2F2N2O4/c23-13-9-11(28(22(27)30)21(29)19-15(25)3-1-4-16(19)26)10-14(24)20(13)32-18-6-2-5-17-12(18)7-8-31-17/h1-10H,(H2,27,30). The Morgan fingerprint density at radius 1 is 0.969 bits per heavy atom. The molecule has 0 unspecified atom stereocenters. The largest absolute Gasteiger partial charge is 0.464 e. The molecule has 0 radical (unpaired) electrons. The number of hydrogen-bond donors (Lipinski definition) is 1. The Kier molecular flexibility index (Phi) is 5.73. The molecule has 4 aromatic rings. The van der Waals surface area contributed by atoms with Crippen LogP contribution in [0.2, 0.25) is 10.0 Å². The van der Waals surface area contributed by atoms with E-state index in [-0.39, 0.29) is 21.5 Å². The molecule has 6 nitrogen and oxygen atoms in total. The summed E-state index contributed by atoms with van der Waals surface area (Å²) >= 11 is 12.6. The molecule has 3 amide bonds. The van der Waals surface area contributed by atoms with Crippen LogP contribution < -0.4 is 15.4 Å². The Hall–Kier alpha value is -3.62. The molecular weight excluding hydrogens is 465 g/mol. The SMILES string of the molecule is NC(=O)N(C(=O)c1c(F)cccc1F)c1cc(Cl)c(Oc2cccc3occc23)c(Cl)c1. The predicted molar refractivity (Wildman–Crippen MR) is 116 cm³/mol. The Labute approximate surface area is 189 Å². The Bertz CT molecular complexity index is 1330. The molecule has 162 valence electrons. The summed E-state index contributed by atoms with van der Waals surface area (Å²) in [4.78, 5) is 25.1. The second kappa shape index (κ2) is 8.49. The average molecular weight is 477 g/mol. The lowest BCUT2D eigenvalue weighted by molar-refractivity contribution is 0.0987. The summed E-state index contributed by atoms with van der Waals surface area (Å²) in [6, 6.07) is 10.7. The molecule has 0 atom stereocenters. The van der Waals surface area contributed by atoms with Crippen LogP contribution in [-0.2, 0) is 0 Å². The van der Waals surface area contributed by atoms with E-state index in [1.165, 1.54) is 18.4 Å². The molecular formula is C22H12Cl2F2N2O4. The van der Waals surface area contributed by atoms with Crippen molar-refractivity contribution in [2.24, 2.45) is 5.73 Å². The highest BCUT2D eigenvalue weighted by Crippen LogP contribution is 2.41. The average Bonchev–Trinajstić information content (AvgIpc) is 3.20. The summed E-state index contributed by atoms with van der Waals surface area (Å²) in [6.07, 6.45) is 1.49. The number of nitrogens with two attached hydrogens (primary N) is 1. The van der Waals surface area contributed by atoms with Gasteiger partial charge in [-0.15, -0.1) is 0 Å². The normalized spacial score (nSPS) is 10.9. The number of urea groups is 1. The molecule has 4 rings (SSSR count). The van der Waals surface area contributed by atoms with E-state index in [1.807, 2.05) is 0 Å². The summed E-state index contributed by atoms with van der Waals surface area (Å²) in [5.41, 5.74) is 4.73. The molecule has 0 bridgehead atoms. The van der Waals surface area contributed by atoms with Crippen LogP contribution in [0.1, 0.15) is 10.4 Å². The van der Waals surface area contributed by atoms with E-state index in [0.29, 0.717) is 21.6 Å². The molecule has 0 fully saturated rings. The first kappa shape index (κ1) is 21.6. The van der Waals surface area contributed by atoms with Gasteiger partial charge in [0.25, 0.3) is 5.91 Å². The monoisotopic (exact) mass is 476 g/mol. The fraction of sp³-hybridized carbons (Fsp3) is 0. The van der Waals surface area contributed by atoms with Gasteiger partial charge < -0.3 is 14.9 Å². The number of anilines is 1. The molecule has 0 saturated heterocycles. The summed E-state index contributed by atoms with van der Waals surface area (Å²) in [5.74, 6) is -3.22. The third-order valence-electron chi connectivity index (χ3n) is 4.51. The maximum Gasteiger partial charge on any atom is 0.326 e. The number of primary amides is 1. The lowest BCUT2D eigenvalue weighted by atomic mass is 10.1. The van der Waals surface area contributed by atoms with E-state index in [9.17, 15) is 18.4 Å². The molecule has 1 aromatic heterocycles. The van der Waals surface area contributed by atoms with E-state index in [4.69, 9.17) is 38.1 Å². The third-order valence-corrected chi connectivity index (χ3v) is 5.07. The van der Waals surface area contributed by atoms with Gasteiger partial charge in [-0.25, -0.2) is 18.5 Å². The minimum atomic E-state index is -1.32. The number of hydrogen-bond acceptors (Lipinski definition) is 4. The fourth-order valence-corrected chi connectivity index (χ4v) is 3.65. The highest BCUT2D eigenvalue weighted by Gasteiger charge is 2.29. The van der Waals surface area contributed by atoms with Crippen molar-refractivity contribution in [1.29, 1.82) is 0 Å². The maximum absolute atomic E-state index is 14.1. The van der Waals surface area contributed by atoms with Crippen molar-refractivity contribution >= 4 is 51.8 Å². The Balaban J connectivity index is 1.74. The van der Waals surface area contributed by atoms with Gasteiger partial charge in [-0.05, 0) is 42.5 Å². The highest BCUT2D eigenvalue weighted by atomic mass is 35.5. The van der Waals surface area contributed by atoms with Crippen LogP contribution in [-0.4, -0.2) is 11.9 Å². The number of carbonyl (C=O) groups excluding carboxylic acids is 2. The lowest BCUT2D eigenvalue weighted by Crippen LogP contribution is -2.41. The van der Waals surface area contributed by atoms with Gasteiger partial charge in [0.1, 0.15) is 28.5 Å². The smallest absolute Gasteiger partial charge is 0.326 e. The van der Waals surface area contributed by atoms with Gasteiger partial charge in [-0.2, -0.15) is 0 Å². The van der Waals surface area contributed by atoms with Crippen LogP contribution in [0.5, 0.6) is 11.5 Å². The van der Waals surface area contributed by atoms with Crippen LogP contribution in [0.3, 0.4) is 0 Å². The van der Waals surface area contributed by atoms with Crippen molar-refractivity contribution < 1.29 is 27.5 Å². The van der Waals surface area contributed by atoms with Crippen LogP contribution >= 0.6 is 23.2 Å². The van der Waals surface area contributed by atoms with Gasteiger partial charge in [0.2, 0.25) is 0 Å². The third kappa shape index (κ3) is 3.86. The van der Waals surface area contributed by atoms with Crippen molar-refractivity contribution in [2.45, 2.75) is 0 Å². The minimum Gasteiger partial charge on any atom is -0.464 e. The van der Waals surface area contributed by atoms with Crippen LogP contribution in [0.4, 0.5) is 19.3 Å². The molecule has 1 heterocycles. The number of nitrogens with zero attached hydrogens (tertiary/aromatic N) is 1. The zero-order valence-corrected chi connectivity index (χ0v) is 17.5. The number of fused-ring (bicyclic) bond motifs is 1. The number of halogens is 4. The number of rotatable bonds is 4. The van der Waals surface area contributed by atoms with Gasteiger partial charge >= 0.3 is 6.03 Å². The number of furan rings is 1. The molecule has 0 aliphatic rings. The molecule has 0 aliphatic heterocycles. The summed E-state index contributed by atoms with van der Waals surface area (Å²) < 4.78 is 39.3. The van der Waals surface area contributed by atoms with Gasteiger partial charge in [0, 0.05) is 0 Å². The summed E-state index contributed by atoms with van der Waals surface area (Å²) in [7, 11) is 0. The first-order chi connectivity index (χ1) is 15.3. The molecule has 0 aliphatic carbocycles. The van der Waals surface area contributed by atoms with Gasteiger partial charge in [0.05, 0.1) is 27.4 Å². The second-order valence-corrected chi connectivity index (χ2v) is 7.32. The van der Waals surface area contributed by atoms with Crippen molar-refractivity contribution in [1.82, 2.24) is 0 Å². The number of ether oxygens (including phenoxy) is 1. The number of amides is 3. The number of carbonyl (C=O) groups is 2. The zero-order valence-electron chi connectivity index (χ0n) is 15.9. The topological polar surface area (TPSA) is 85.8 Å². The summed E-state index contributed by atoms with van der Waals surface area (Å²) in [5, 5.41) is 0.495. The Morgan fingerprint density at radius 3 is 2.22 bits per heavy atom. The summed E-state index contributed by atoms with van der Waals surface area (Å²) in [6.45, 7) is 0. The van der Waals surface area contributed by atoms with E-state index >= 15 is 0 Å². The molecule has 0 saturated carbocycles. The quantitative estimate of drug-likeness (QED) is 0.362. The zero-order chi connectivity index (χ0) is 23.0. The van der Waals surface area contributed by atoms with Gasteiger partial charge in [-0.1, -0.05) is 35.3 Å². The maximum atomic E-state index is 14.1. The van der Waals surface area contributed by atoms with Crippen molar-refractivity contribution in [2.75, 3.05) is 4.90 Å². The first-order valence-electron chi connectivity index (χ1n) is 8.99. The number of benzene rings is 3. The van der Waals surface area contributed by atoms with Gasteiger partial charge in [0.15, 0.2) is 5.75 Å². The van der Waals surface area contributed by atoms with Crippen LogP contribution in [0.25, 0.3) is 11.0 Å². The van der Waals surface area contributed by atoms with Crippen LogP contribution in [0, 0.1) is 11.6 Å². The van der Waals surface area contributed by atoms with E-state index in [0.717, 1.165) is 18.2 Å². The van der Waals surface area contributed by atoms with Crippen LogP contribution in [0.15, 0.2) is 65.3 Å². The molecule has 2 N–H and O–H groups in total.